The van der Waals surface area contributed by atoms with Gasteiger partial charge in [-0.2, -0.15) is 0 Å². The smallest absolute Gasteiger partial charge is 0.413 e. The van der Waals surface area contributed by atoms with Crippen molar-refractivity contribution in [2.24, 2.45) is 0 Å². The molecule has 0 unspecified atom stereocenters. The molecular weight excluding hydrogens is 278 g/mol. The van der Waals surface area contributed by atoms with E-state index in [2.05, 4.69) is 15.3 Å². The molecule has 0 aromatic carbocycles. The molecular formula is C13H13N3O3S. The second kappa shape index (κ2) is 7.34. The van der Waals surface area contributed by atoms with Crippen molar-refractivity contribution < 1.29 is 14.3 Å². The van der Waals surface area contributed by atoms with Crippen LogP contribution in [0.2, 0.25) is 0 Å². The number of nitrogens with zero attached hydrogens (tertiary/aromatic N) is 2. The number of hydrogen-bond donors (Lipinski definition) is 1. The van der Waals surface area contributed by atoms with Crippen molar-refractivity contribution in [1.29, 1.82) is 0 Å². The predicted octanol–water partition coefficient (Wildman–Crippen LogP) is 2.07. The third-order valence-electron chi connectivity index (χ3n) is 2.40. The van der Waals surface area contributed by atoms with Crippen molar-refractivity contribution in [2.75, 3.05) is 11.9 Å². The minimum absolute atomic E-state index is 0.244. The molecule has 20 heavy (non-hydrogen) atoms. The summed E-state index contributed by atoms with van der Waals surface area (Å²) in [5, 5.41) is 4.67. The van der Waals surface area contributed by atoms with Crippen LogP contribution in [0.15, 0.2) is 29.9 Å². The first-order chi connectivity index (χ1) is 9.78. The number of thiazole rings is 1. The van der Waals surface area contributed by atoms with E-state index in [4.69, 9.17) is 4.74 Å². The number of aldehydes is 1. The van der Waals surface area contributed by atoms with Crippen molar-refractivity contribution in [1.82, 2.24) is 9.97 Å². The summed E-state index contributed by atoms with van der Waals surface area (Å²) in [6, 6.07) is 3.75. The Morgan fingerprint density at radius 1 is 1.50 bits per heavy atom. The Balaban J connectivity index is 1.73. The lowest BCUT2D eigenvalue weighted by molar-refractivity contribution is -0.107. The van der Waals surface area contributed by atoms with Crippen LogP contribution in [0, 0.1) is 0 Å². The van der Waals surface area contributed by atoms with Crippen molar-refractivity contribution in [3.63, 3.8) is 0 Å². The predicted molar refractivity (Wildman–Crippen MR) is 74.8 cm³/mol. The molecule has 0 atom stereocenters. The average Bonchev–Trinajstić information content (AvgIpc) is 2.88. The summed E-state index contributed by atoms with van der Waals surface area (Å²) >= 11 is 1.26. The van der Waals surface area contributed by atoms with E-state index in [0.29, 0.717) is 17.2 Å². The SMILES string of the molecule is O=CCc1csc(NC(=O)OCCc2cccnc2)n1. The molecule has 6 nitrogen and oxygen atoms in total. The van der Waals surface area contributed by atoms with E-state index >= 15 is 0 Å². The molecule has 0 aliphatic rings. The van der Waals surface area contributed by atoms with Gasteiger partial charge in [-0.1, -0.05) is 6.07 Å². The fraction of sp³-hybridized carbons (Fsp3) is 0.231. The summed E-state index contributed by atoms with van der Waals surface area (Å²) in [5.41, 5.74) is 1.64. The Bertz CT molecular complexity index is 571. The fourth-order valence-corrected chi connectivity index (χ4v) is 2.18. The second-order valence-electron chi connectivity index (χ2n) is 3.89. The minimum Gasteiger partial charge on any atom is -0.449 e. The molecule has 1 N–H and O–H groups in total. The first kappa shape index (κ1) is 14.1. The molecule has 0 bridgehead atoms. The Hall–Kier alpha value is -2.28. The molecule has 104 valence electrons. The van der Waals surface area contributed by atoms with E-state index in [1.165, 1.54) is 11.3 Å². The highest BCUT2D eigenvalue weighted by Crippen LogP contribution is 2.15. The number of carbonyl (C=O) groups is 2. The highest BCUT2D eigenvalue weighted by molar-refractivity contribution is 7.13. The van der Waals surface area contributed by atoms with Gasteiger partial charge in [0, 0.05) is 30.6 Å². The lowest BCUT2D eigenvalue weighted by Gasteiger charge is -2.04. The summed E-state index contributed by atoms with van der Waals surface area (Å²) in [6.07, 6.45) is 4.49. The van der Waals surface area contributed by atoms with Crippen LogP contribution in [-0.2, 0) is 22.4 Å². The molecule has 7 heteroatoms. The zero-order chi connectivity index (χ0) is 14.2. The number of hydrogen-bond acceptors (Lipinski definition) is 6. The average molecular weight is 291 g/mol. The van der Waals surface area contributed by atoms with Gasteiger partial charge in [0.25, 0.3) is 0 Å². The fourth-order valence-electron chi connectivity index (χ4n) is 1.47. The molecule has 1 amide bonds. The van der Waals surface area contributed by atoms with Gasteiger partial charge in [-0.3, -0.25) is 10.3 Å². The zero-order valence-corrected chi connectivity index (χ0v) is 11.4. The number of pyridine rings is 1. The van der Waals surface area contributed by atoms with Crippen LogP contribution in [0.5, 0.6) is 0 Å². The molecule has 2 heterocycles. The normalized spacial score (nSPS) is 10.0. The quantitative estimate of drug-likeness (QED) is 0.824. The standard InChI is InChI=1S/C13H13N3O3S/c17-6-3-11-9-20-12(15-11)16-13(18)19-7-4-10-2-1-5-14-8-10/h1-2,5-6,8-9H,3-4,7H2,(H,15,16,18). The molecule has 0 spiro atoms. The van der Waals surface area contributed by atoms with E-state index in [0.717, 1.165) is 11.8 Å². The van der Waals surface area contributed by atoms with Crippen molar-refractivity contribution in [2.45, 2.75) is 12.8 Å². The summed E-state index contributed by atoms with van der Waals surface area (Å²) in [4.78, 5) is 29.9. The molecule has 0 saturated heterocycles. The van der Waals surface area contributed by atoms with Gasteiger partial charge in [-0.05, 0) is 11.6 Å². The highest BCUT2D eigenvalue weighted by atomic mass is 32.1. The van der Waals surface area contributed by atoms with Gasteiger partial charge in [0.2, 0.25) is 0 Å². The molecule has 0 radical (unpaired) electrons. The number of rotatable bonds is 6. The Morgan fingerprint density at radius 2 is 2.40 bits per heavy atom. The third-order valence-corrected chi connectivity index (χ3v) is 3.21. The number of carbonyl (C=O) groups excluding carboxylic acids is 2. The molecule has 0 aliphatic heterocycles. The topological polar surface area (TPSA) is 81.2 Å². The zero-order valence-electron chi connectivity index (χ0n) is 10.6. The maximum Gasteiger partial charge on any atom is 0.413 e. The van der Waals surface area contributed by atoms with Gasteiger partial charge in [-0.15, -0.1) is 11.3 Å². The number of ether oxygens (including phenoxy) is 1. The number of anilines is 1. The summed E-state index contributed by atoms with van der Waals surface area (Å²) < 4.78 is 5.04. The Kier molecular flexibility index (Phi) is 5.19. The molecule has 2 rings (SSSR count). The number of aromatic nitrogens is 2. The van der Waals surface area contributed by atoms with Crippen molar-refractivity contribution in [3.05, 3.63) is 41.2 Å². The molecule has 0 fully saturated rings. The van der Waals surface area contributed by atoms with Crippen LogP contribution in [0.1, 0.15) is 11.3 Å². The lowest BCUT2D eigenvalue weighted by Crippen LogP contribution is -2.15. The third kappa shape index (κ3) is 4.43. The summed E-state index contributed by atoms with van der Waals surface area (Å²) in [7, 11) is 0. The van der Waals surface area contributed by atoms with E-state index in [1.807, 2.05) is 12.1 Å². The van der Waals surface area contributed by atoms with Gasteiger partial charge in [0.05, 0.1) is 12.3 Å². The van der Waals surface area contributed by atoms with Crippen LogP contribution in [0.3, 0.4) is 0 Å². The van der Waals surface area contributed by atoms with E-state index in [-0.39, 0.29) is 13.0 Å². The van der Waals surface area contributed by atoms with Crippen molar-refractivity contribution in [3.8, 4) is 0 Å². The van der Waals surface area contributed by atoms with Gasteiger partial charge < -0.3 is 9.53 Å². The minimum atomic E-state index is -0.555. The summed E-state index contributed by atoms with van der Waals surface area (Å²) in [6.45, 7) is 0.268. The van der Waals surface area contributed by atoms with Gasteiger partial charge in [-0.25, -0.2) is 9.78 Å². The van der Waals surface area contributed by atoms with E-state index in [1.54, 1.807) is 17.8 Å². The Labute approximate surface area is 119 Å². The van der Waals surface area contributed by atoms with Crippen LogP contribution < -0.4 is 5.32 Å². The van der Waals surface area contributed by atoms with E-state index < -0.39 is 6.09 Å². The second-order valence-corrected chi connectivity index (χ2v) is 4.75. The maximum atomic E-state index is 11.5. The van der Waals surface area contributed by atoms with Crippen LogP contribution in [0.4, 0.5) is 9.93 Å². The lowest BCUT2D eigenvalue weighted by atomic mass is 10.2. The molecule has 2 aromatic heterocycles. The van der Waals surface area contributed by atoms with Gasteiger partial charge >= 0.3 is 6.09 Å². The van der Waals surface area contributed by atoms with Crippen LogP contribution in [-0.4, -0.2) is 29.0 Å². The number of amides is 1. The number of nitrogens with one attached hydrogen (secondary N) is 1. The summed E-state index contributed by atoms with van der Waals surface area (Å²) in [5.74, 6) is 0. The van der Waals surface area contributed by atoms with Crippen LogP contribution >= 0.6 is 11.3 Å². The maximum absolute atomic E-state index is 11.5. The van der Waals surface area contributed by atoms with Gasteiger partial charge in [0.1, 0.15) is 6.29 Å². The largest absolute Gasteiger partial charge is 0.449 e. The van der Waals surface area contributed by atoms with Crippen molar-refractivity contribution >= 4 is 28.8 Å². The van der Waals surface area contributed by atoms with E-state index in [9.17, 15) is 9.59 Å². The molecule has 0 saturated carbocycles. The molecule has 0 aliphatic carbocycles. The highest BCUT2D eigenvalue weighted by Gasteiger charge is 2.07. The monoisotopic (exact) mass is 291 g/mol. The van der Waals surface area contributed by atoms with Gasteiger partial charge in [0.15, 0.2) is 5.13 Å². The Morgan fingerprint density at radius 3 is 3.15 bits per heavy atom. The first-order valence-corrected chi connectivity index (χ1v) is 6.86. The molecule has 2 aromatic rings. The van der Waals surface area contributed by atoms with Crippen LogP contribution in [0.25, 0.3) is 0 Å². The first-order valence-electron chi connectivity index (χ1n) is 5.98.